The lowest BCUT2D eigenvalue weighted by Crippen LogP contribution is -2.43. The molecule has 9 nitrogen and oxygen atoms in total. The number of nitrogens with one attached hydrogen (secondary N) is 2. The molecule has 174 valence electrons. The van der Waals surface area contributed by atoms with Crippen molar-refractivity contribution in [3.8, 4) is 0 Å². The number of esters is 1. The van der Waals surface area contributed by atoms with Crippen LogP contribution in [0.25, 0.3) is 0 Å². The average molecular weight is 460 g/mol. The molecular weight excluding hydrogens is 436 g/mol. The van der Waals surface area contributed by atoms with Gasteiger partial charge in [0.25, 0.3) is 11.5 Å². The number of hydrogen-bond donors (Lipinski definition) is 2. The van der Waals surface area contributed by atoms with Gasteiger partial charge in [-0.25, -0.2) is 9.59 Å². The number of amides is 1. The van der Waals surface area contributed by atoms with Crippen LogP contribution in [0.5, 0.6) is 0 Å². The summed E-state index contributed by atoms with van der Waals surface area (Å²) in [5.41, 5.74) is 1.66. The van der Waals surface area contributed by atoms with E-state index in [1.807, 2.05) is 6.07 Å². The summed E-state index contributed by atoms with van der Waals surface area (Å²) in [7, 11) is 4.26. The zero-order chi connectivity index (χ0) is 24.6. The van der Waals surface area contributed by atoms with Gasteiger partial charge in [-0.15, -0.1) is 0 Å². The topological polar surface area (TPSA) is 111 Å². The summed E-state index contributed by atoms with van der Waals surface area (Å²) < 4.78 is 7.14. The second-order valence-electron chi connectivity index (χ2n) is 8.00. The molecule has 2 aromatic carbocycles. The van der Waals surface area contributed by atoms with Crippen molar-refractivity contribution in [3.05, 3.63) is 103 Å². The van der Waals surface area contributed by atoms with Gasteiger partial charge < -0.3 is 15.4 Å². The number of methoxy groups -OCH3 is 1. The summed E-state index contributed by atoms with van der Waals surface area (Å²) in [4.78, 5) is 51.3. The normalized spacial score (nSPS) is 14.8. The SMILES string of the molecule is COC(=O)c1ccc([C@@H]2C(C(=O)Nc3ccccc3)=C(C)Nc3c2c(=O)n(C)c(=O)n3C)cc1. The molecule has 0 fully saturated rings. The van der Waals surface area contributed by atoms with Crippen LogP contribution >= 0.6 is 0 Å². The minimum absolute atomic E-state index is 0.263. The van der Waals surface area contributed by atoms with Crippen LogP contribution in [0.1, 0.15) is 34.3 Å². The lowest BCUT2D eigenvalue weighted by atomic mass is 9.81. The third-order valence-corrected chi connectivity index (χ3v) is 5.93. The number of carbonyl (C=O) groups is 2. The van der Waals surface area contributed by atoms with Gasteiger partial charge in [0.05, 0.1) is 24.2 Å². The number of rotatable bonds is 4. The number of anilines is 2. The molecule has 0 saturated heterocycles. The van der Waals surface area contributed by atoms with Crippen LogP contribution in [0.15, 0.2) is 75.5 Å². The van der Waals surface area contributed by atoms with Gasteiger partial charge in [0.15, 0.2) is 0 Å². The number of allylic oxidation sites excluding steroid dienone is 1. The summed E-state index contributed by atoms with van der Waals surface area (Å²) in [6.45, 7) is 1.72. The van der Waals surface area contributed by atoms with Crippen molar-refractivity contribution in [2.24, 2.45) is 14.1 Å². The van der Waals surface area contributed by atoms with Gasteiger partial charge in [-0.05, 0) is 36.8 Å². The second kappa shape index (κ2) is 8.86. The summed E-state index contributed by atoms with van der Waals surface area (Å²) in [6, 6.07) is 15.5. The largest absolute Gasteiger partial charge is 0.465 e. The fourth-order valence-electron chi connectivity index (χ4n) is 4.17. The highest BCUT2D eigenvalue weighted by Gasteiger charge is 2.36. The Labute approximate surface area is 195 Å². The van der Waals surface area contributed by atoms with Gasteiger partial charge in [-0.2, -0.15) is 0 Å². The third-order valence-electron chi connectivity index (χ3n) is 5.93. The molecule has 0 aliphatic carbocycles. The zero-order valence-corrected chi connectivity index (χ0v) is 19.2. The Bertz CT molecular complexity index is 1430. The van der Waals surface area contributed by atoms with Crippen molar-refractivity contribution in [2.75, 3.05) is 17.7 Å². The minimum Gasteiger partial charge on any atom is -0.465 e. The fraction of sp³-hybridized carbons (Fsp3) is 0.200. The molecule has 0 saturated carbocycles. The standard InChI is InChI=1S/C25H24N4O5/c1-14-18(22(30)27-17-8-6-5-7-9-17)19(15-10-12-16(13-11-15)24(32)34-4)20-21(26-14)28(2)25(33)29(3)23(20)31/h5-13,19,26H,1-4H3,(H,27,30)/t19-/m1/s1. The number of fused-ring (bicyclic) bond motifs is 1. The first-order chi connectivity index (χ1) is 16.2. The van der Waals surface area contributed by atoms with E-state index in [-0.39, 0.29) is 11.5 Å². The van der Waals surface area contributed by atoms with Crippen LogP contribution < -0.4 is 21.9 Å². The lowest BCUT2D eigenvalue weighted by Gasteiger charge is -2.31. The highest BCUT2D eigenvalue weighted by atomic mass is 16.5. The number of nitrogens with zero attached hydrogens (tertiary/aromatic N) is 2. The van der Waals surface area contributed by atoms with Crippen LogP contribution in [-0.4, -0.2) is 28.1 Å². The molecule has 1 atom stereocenters. The predicted octanol–water partition coefficient (Wildman–Crippen LogP) is 2.34. The van der Waals surface area contributed by atoms with E-state index in [0.717, 1.165) is 4.57 Å². The Morgan fingerprint density at radius 2 is 1.62 bits per heavy atom. The monoisotopic (exact) mass is 460 g/mol. The lowest BCUT2D eigenvalue weighted by molar-refractivity contribution is -0.113. The predicted molar refractivity (Wildman–Crippen MR) is 128 cm³/mol. The van der Waals surface area contributed by atoms with Crippen molar-refractivity contribution in [1.29, 1.82) is 0 Å². The number of aromatic nitrogens is 2. The summed E-state index contributed by atoms with van der Waals surface area (Å²) in [5.74, 6) is -1.34. The quantitative estimate of drug-likeness (QED) is 0.578. The molecule has 0 spiro atoms. The van der Waals surface area contributed by atoms with Crippen molar-refractivity contribution in [2.45, 2.75) is 12.8 Å². The zero-order valence-electron chi connectivity index (χ0n) is 19.2. The first-order valence-electron chi connectivity index (χ1n) is 10.6. The number of benzene rings is 2. The Kier molecular flexibility index (Phi) is 5.93. The second-order valence-corrected chi connectivity index (χ2v) is 8.00. The molecule has 3 aromatic rings. The van der Waals surface area contributed by atoms with Crippen LogP contribution in [-0.2, 0) is 23.6 Å². The molecule has 0 bridgehead atoms. The molecular formula is C25H24N4O5. The number of carbonyl (C=O) groups excluding carboxylic acids is 2. The van der Waals surface area contributed by atoms with Crippen molar-refractivity contribution in [3.63, 3.8) is 0 Å². The van der Waals surface area contributed by atoms with E-state index in [9.17, 15) is 19.2 Å². The molecule has 0 radical (unpaired) electrons. The van der Waals surface area contributed by atoms with E-state index in [1.165, 1.54) is 18.7 Å². The third kappa shape index (κ3) is 3.81. The van der Waals surface area contributed by atoms with E-state index in [0.29, 0.717) is 33.9 Å². The molecule has 1 aliphatic heterocycles. The van der Waals surface area contributed by atoms with E-state index in [4.69, 9.17) is 4.74 Å². The summed E-state index contributed by atoms with van der Waals surface area (Å²) in [5, 5.41) is 5.97. The Morgan fingerprint density at radius 1 is 0.971 bits per heavy atom. The van der Waals surface area contributed by atoms with Gasteiger partial charge in [-0.3, -0.25) is 18.7 Å². The Hall–Kier alpha value is -4.40. The molecule has 1 aliphatic rings. The molecule has 34 heavy (non-hydrogen) atoms. The molecule has 1 amide bonds. The van der Waals surface area contributed by atoms with Gasteiger partial charge >= 0.3 is 11.7 Å². The molecule has 2 heterocycles. The van der Waals surface area contributed by atoms with Gasteiger partial charge in [0, 0.05) is 31.1 Å². The Balaban J connectivity index is 1.92. The first kappa shape index (κ1) is 22.8. The van der Waals surface area contributed by atoms with E-state index in [1.54, 1.807) is 62.5 Å². The van der Waals surface area contributed by atoms with E-state index >= 15 is 0 Å². The van der Waals surface area contributed by atoms with Crippen LogP contribution in [0.3, 0.4) is 0 Å². The van der Waals surface area contributed by atoms with Gasteiger partial charge in [0.2, 0.25) is 0 Å². The highest BCUT2D eigenvalue weighted by molar-refractivity contribution is 6.07. The maximum absolute atomic E-state index is 13.5. The smallest absolute Gasteiger partial charge is 0.337 e. The van der Waals surface area contributed by atoms with Crippen molar-refractivity contribution in [1.82, 2.24) is 9.13 Å². The molecule has 2 N–H and O–H groups in total. The Morgan fingerprint density at radius 3 is 2.24 bits per heavy atom. The van der Waals surface area contributed by atoms with E-state index < -0.39 is 23.1 Å². The minimum atomic E-state index is -0.780. The van der Waals surface area contributed by atoms with Crippen LogP contribution in [0.4, 0.5) is 11.5 Å². The number of ether oxygens (including phenoxy) is 1. The van der Waals surface area contributed by atoms with E-state index in [2.05, 4.69) is 10.6 Å². The molecule has 4 rings (SSSR count). The number of hydrogen-bond acceptors (Lipinski definition) is 6. The maximum Gasteiger partial charge on any atom is 0.337 e. The van der Waals surface area contributed by atoms with Crippen LogP contribution in [0.2, 0.25) is 0 Å². The summed E-state index contributed by atoms with van der Waals surface area (Å²) >= 11 is 0. The van der Waals surface area contributed by atoms with Crippen molar-refractivity contribution < 1.29 is 14.3 Å². The maximum atomic E-state index is 13.5. The van der Waals surface area contributed by atoms with Crippen LogP contribution in [0, 0.1) is 0 Å². The fourth-order valence-corrected chi connectivity index (χ4v) is 4.17. The van der Waals surface area contributed by atoms with Gasteiger partial charge in [-0.1, -0.05) is 30.3 Å². The number of para-hydroxylation sites is 1. The molecule has 0 unspecified atom stereocenters. The first-order valence-corrected chi connectivity index (χ1v) is 10.6. The highest BCUT2D eigenvalue weighted by Crippen LogP contribution is 2.40. The van der Waals surface area contributed by atoms with Crippen molar-refractivity contribution >= 4 is 23.4 Å². The molecule has 9 heteroatoms. The molecule has 1 aromatic heterocycles. The van der Waals surface area contributed by atoms with Gasteiger partial charge in [0.1, 0.15) is 5.82 Å². The summed E-state index contributed by atoms with van der Waals surface area (Å²) in [6.07, 6.45) is 0. The average Bonchev–Trinajstić information content (AvgIpc) is 2.85.